The molecule has 0 atom stereocenters. The maximum Gasteiger partial charge on any atom is 0.491 e. The molecule has 0 amide bonds. The van der Waals surface area contributed by atoms with Crippen molar-refractivity contribution in [2.75, 3.05) is 25.0 Å². The molecule has 1 N–H and O–H groups in total. The van der Waals surface area contributed by atoms with Crippen LogP contribution in [0.3, 0.4) is 0 Å². The molecule has 4 heterocycles. The van der Waals surface area contributed by atoms with Crippen LogP contribution in [0.15, 0.2) is 16.7 Å². The first-order valence-electron chi connectivity index (χ1n) is 8.88. The number of halogens is 4. The predicted octanol–water partition coefficient (Wildman–Crippen LogP) is 4.23. The monoisotopic (exact) mass is 521 g/mol. The Morgan fingerprint density at radius 3 is 2.63 bits per heavy atom. The Kier molecular flexibility index (Phi) is 5.97. The lowest BCUT2D eigenvalue weighted by Crippen LogP contribution is -2.41. The number of nitrogens with zero attached hydrogens (tertiary/aromatic N) is 4. The van der Waals surface area contributed by atoms with Gasteiger partial charge in [-0.15, -0.1) is 0 Å². The smallest absolute Gasteiger partial charge is 0.417 e. The standard InChI is InChI=1S/C17H15BrF3N5O2S2/c1-26(9-2-4-22-5-3-9)16-25-14-13(30-16)24-12(29-14)11-10(6-8(18)7-23-11)28-15(27)17(19,20)21/h6-7,9,22H,2-5H2,1H3. The van der Waals surface area contributed by atoms with Crippen LogP contribution in [-0.4, -0.2) is 53.3 Å². The highest BCUT2D eigenvalue weighted by Crippen LogP contribution is 2.39. The highest BCUT2D eigenvalue weighted by Gasteiger charge is 2.42. The van der Waals surface area contributed by atoms with E-state index in [-0.39, 0.29) is 11.4 Å². The summed E-state index contributed by atoms with van der Waals surface area (Å²) < 4.78 is 42.8. The molecule has 3 aromatic rings. The first-order chi connectivity index (χ1) is 14.2. The molecule has 160 valence electrons. The highest BCUT2D eigenvalue weighted by molar-refractivity contribution is 9.10. The van der Waals surface area contributed by atoms with Gasteiger partial charge in [0.05, 0.1) is 0 Å². The quantitative estimate of drug-likeness (QED) is 0.514. The summed E-state index contributed by atoms with van der Waals surface area (Å²) in [5, 5.41) is 4.50. The van der Waals surface area contributed by atoms with Gasteiger partial charge in [-0.05, 0) is 47.9 Å². The summed E-state index contributed by atoms with van der Waals surface area (Å²) >= 11 is 5.73. The summed E-state index contributed by atoms with van der Waals surface area (Å²) in [6.07, 6.45) is -1.66. The summed E-state index contributed by atoms with van der Waals surface area (Å²) in [6, 6.07) is 1.65. The van der Waals surface area contributed by atoms with E-state index in [9.17, 15) is 18.0 Å². The molecule has 1 fully saturated rings. The summed E-state index contributed by atoms with van der Waals surface area (Å²) in [4.78, 5) is 28.0. The molecule has 3 aromatic heterocycles. The van der Waals surface area contributed by atoms with E-state index in [1.807, 2.05) is 7.05 Å². The molecular weight excluding hydrogens is 507 g/mol. The molecule has 0 saturated carbocycles. The highest BCUT2D eigenvalue weighted by atomic mass is 79.9. The fourth-order valence-corrected chi connectivity index (χ4v) is 5.43. The van der Waals surface area contributed by atoms with E-state index < -0.39 is 12.1 Å². The van der Waals surface area contributed by atoms with E-state index in [4.69, 9.17) is 0 Å². The van der Waals surface area contributed by atoms with Crippen LogP contribution in [0, 0.1) is 0 Å². The number of ether oxygens (including phenoxy) is 1. The molecule has 4 rings (SSSR count). The maximum absolute atomic E-state index is 12.6. The minimum atomic E-state index is -5.11. The van der Waals surface area contributed by atoms with Crippen molar-refractivity contribution in [2.24, 2.45) is 0 Å². The van der Waals surface area contributed by atoms with Crippen LogP contribution in [0.4, 0.5) is 18.3 Å². The number of hydrogen-bond donors (Lipinski definition) is 1. The second-order valence-corrected chi connectivity index (χ2v) is 9.45. The zero-order valence-electron chi connectivity index (χ0n) is 15.5. The molecule has 0 aromatic carbocycles. The van der Waals surface area contributed by atoms with E-state index in [1.165, 1.54) is 34.9 Å². The van der Waals surface area contributed by atoms with Crippen LogP contribution in [-0.2, 0) is 4.79 Å². The van der Waals surface area contributed by atoms with E-state index in [2.05, 4.69) is 45.8 Å². The zero-order valence-corrected chi connectivity index (χ0v) is 18.7. The van der Waals surface area contributed by atoms with Crippen LogP contribution < -0.4 is 15.0 Å². The summed E-state index contributed by atoms with van der Waals surface area (Å²) in [6.45, 7) is 1.93. The minimum Gasteiger partial charge on any atom is -0.417 e. The third-order valence-electron chi connectivity index (χ3n) is 4.58. The van der Waals surface area contributed by atoms with Gasteiger partial charge in [-0.3, -0.25) is 0 Å². The number of rotatable bonds is 4. The van der Waals surface area contributed by atoms with Crippen LogP contribution >= 0.6 is 38.6 Å². The normalized spacial score (nSPS) is 15.5. The Balaban J connectivity index is 1.62. The van der Waals surface area contributed by atoms with E-state index in [0.29, 0.717) is 25.2 Å². The Bertz CT molecular complexity index is 1050. The van der Waals surface area contributed by atoms with Crippen molar-refractivity contribution in [3.05, 3.63) is 16.7 Å². The van der Waals surface area contributed by atoms with Crippen LogP contribution in [0.25, 0.3) is 20.4 Å². The Labute approximate surface area is 185 Å². The Morgan fingerprint density at radius 2 is 1.97 bits per heavy atom. The Morgan fingerprint density at radius 1 is 1.27 bits per heavy atom. The number of piperidine rings is 1. The number of alkyl halides is 3. The van der Waals surface area contributed by atoms with E-state index in [1.54, 1.807) is 0 Å². The van der Waals surface area contributed by atoms with Crippen molar-refractivity contribution in [3.8, 4) is 16.5 Å². The molecule has 7 nitrogen and oxygen atoms in total. The Hall–Kier alpha value is -1.83. The van der Waals surface area contributed by atoms with Crippen LogP contribution in [0.2, 0.25) is 0 Å². The van der Waals surface area contributed by atoms with Crippen molar-refractivity contribution < 1.29 is 22.7 Å². The molecular formula is C17H15BrF3N5O2S2. The van der Waals surface area contributed by atoms with Gasteiger partial charge in [-0.25, -0.2) is 19.7 Å². The first kappa shape index (κ1) is 21.4. The summed E-state index contributed by atoms with van der Waals surface area (Å²) in [5.74, 6) is -2.63. The number of carbonyl (C=O) groups is 1. The lowest BCUT2D eigenvalue weighted by molar-refractivity contribution is -0.189. The van der Waals surface area contributed by atoms with Gasteiger partial charge in [0.15, 0.2) is 20.5 Å². The second-order valence-electron chi connectivity index (χ2n) is 6.61. The van der Waals surface area contributed by atoms with Crippen molar-refractivity contribution >= 4 is 59.4 Å². The zero-order chi connectivity index (χ0) is 21.5. The van der Waals surface area contributed by atoms with E-state index >= 15 is 0 Å². The second kappa shape index (κ2) is 8.36. The first-order valence-corrected chi connectivity index (χ1v) is 11.3. The average Bonchev–Trinajstić information content (AvgIpc) is 3.26. The molecule has 1 aliphatic rings. The van der Waals surface area contributed by atoms with Crippen molar-refractivity contribution in [1.82, 2.24) is 20.3 Å². The molecule has 0 radical (unpaired) electrons. The average molecular weight is 522 g/mol. The van der Waals surface area contributed by atoms with Gasteiger partial charge in [0.1, 0.15) is 10.7 Å². The largest absolute Gasteiger partial charge is 0.491 e. The number of pyridine rings is 1. The van der Waals surface area contributed by atoms with Gasteiger partial charge in [-0.1, -0.05) is 22.7 Å². The third kappa shape index (κ3) is 4.43. The summed E-state index contributed by atoms with van der Waals surface area (Å²) in [7, 11) is 2.00. The SMILES string of the molecule is CN(c1nc2sc(-c3ncc(Br)cc3OC(=O)C(F)(F)F)nc2s1)C1CCNCC1. The van der Waals surface area contributed by atoms with Crippen molar-refractivity contribution in [3.63, 3.8) is 0 Å². The number of carbonyl (C=O) groups excluding carboxylic acids is 1. The minimum absolute atomic E-state index is 0.0549. The number of anilines is 1. The molecule has 0 spiro atoms. The predicted molar refractivity (Wildman–Crippen MR) is 112 cm³/mol. The number of thiazole rings is 2. The molecule has 0 aliphatic carbocycles. The number of nitrogens with one attached hydrogen (secondary N) is 1. The molecule has 0 bridgehead atoms. The van der Waals surface area contributed by atoms with Gasteiger partial charge < -0.3 is 15.0 Å². The number of esters is 1. The fraction of sp³-hybridized carbons (Fsp3) is 0.412. The van der Waals surface area contributed by atoms with Crippen molar-refractivity contribution in [1.29, 1.82) is 0 Å². The number of hydrogen-bond acceptors (Lipinski definition) is 9. The van der Waals surface area contributed by atoms with Gasteiger partial charge in [0.2, 0.25) is 0 Å². The fourth-order valence-electron chi connectivity index (χ4n) is 3.05. The topological polar surface area (TPSA) is 80.2 Å². The molecule has 0 unspecified atom stereocenters. The van der Waals surface area contributed by atoms with Gasteiger partial charge in [0, 0.05) is 23.8 Å². The molecule has 13 heteroatoms. The molecule has 1 aliphatic heterocycles. The lowest BCUT2D eigenvalue weighted by Gasteiger charge is -2.31. The van der Waals surface area contributed by atoms with Crippen LogP contribution in [0.5, 0.6) is 5.75 Å². The third-order valence-corrected chi connectivity index (χ3v) is 7.14. The maximum atomic E-state index is 12.6. The van der Waals surface area contributed by atoms with Gasteiger partial charge in [0.25, 0.3) is 0 Å². The molecule has 30 heavy (non-hydrogen) atoms. The van der Waals surface area contributed by atoms with E-state index in [0.717, 1.165) is 31.1 Å². The number of fused-ring (bicyclic) bond motifs is 1. The number of aromatic nitrogens is 3. The lowest BCUT2D eigenvalue weighted by atomic mass is 10.1. The van der Waals surface area contributed by atoms with Crippen LogP contribution in [0.1, 0.15) is 12.8 Å². The molecule has 1 saturated heterocycles. The summed E-state index contributed by atoms with van der Waals surface area (Å²) in [5.41, 5.74) is 0.0549. The van der Waals surface area contributed by atoms with Crippen molar-refractivity contribution in [2.45, 2.75) is 25.1 Å². The van der Waals surface area contributed by atoms with Gasteiger partial charge >= 0.3 is 12.1 Å². The van der Waals surface area contributed by atoms with Gasteiger partial charge in [-0.2, -0.15) is 13.2 Å².